The maximum Gasteiger partial charge on any atom is 0.164 e. The summed E-state index contributed by atoms with van der Waals surface area (Å²) in [5.74, 6) is 0.146. The Morgan fingerprint density at radius 1 is 1.47 bits per heavy atom. The van der Waals surface area contributed by atoms with Gasteiger partial charge in [0.2, 0.25) is 0 Å². The van der Waals surface area contributed by atoms with Crippen LogP contribution in [0.15, 0.2) is 18.7 Å². The van der Waals surface area contributed by atoms with E-state index in [2.05, 4.69) is 16.8 Å². The third-order valence-corrected chi connectivity index (χ3v) is 2.21. The Kier molecular flexibility index (Phi) is 4.16. The predicted octanol–water partition coefficient (Wildman–Crippen LogP) is 2.63. The summed E-state index contributed by atoms with van der Waals surface area (Å²) < 4.78 is 0. The Bertz CT molecular complexity index is 372. The molecule has 0 N–H and O–H groups in total. The number of aromatic nitrogens is 2. The number of carbonyl (C=O) groups is 1. The molecule has 0 aliphatic rings. The zero-order valence-corrected chi connectivity index (χ0v) is 9.29. The summed E-state index contributed by atoms with van der Waals surface area (Å²) in [4.78, 5) is 11.8. The maximum absolute atomic E-state index is 11.8. The first-order valence-corrected chi connectivity index (χ1v) is 5.10. The van der Waals surface area contributed by atoms with Crippen LogP contribution in [0.1, 0.15) is 41.0 Å². The Balaban J connectivity index is 2.72. The van der Waals surface area contributed by atoms with Crippen molar-refractivity contribution >= 4 is 5.78 Å². The van der Waals surface area contributed by atoms with Crippen LogP contribution in [0.25, 0.3) is 0 Å². The van der Waals surface area contributed by atoms with Crippen molar-refractivity contribution in [1.82, 2.24) is 10.2 Å². The van der Waals surface area contributed by atoms with Crippen molar-refractivity contribution in [1.29, 1.82) is 0 Å². The van der Waals surface area contributed by atoms with Crippen molar-refractivity contribution in [3.05, 3.63) is 35.7 Å². The van der Waals surface area contributed by atoms with Crippen LogP contribution in [0.4, 0.5) is 0 Å². The molecular formula is C12H16N2O. The first-order chi connectivity index (χ1) is 7.15. The standard InChI is InChI=1S/C12H16N2O/c1-4-5-6-7-12(15)11-8-9(2)13-14-10(11)3/h4,8H,1,5-7H2,2-3H3. The van der Waals surface area contributed by atoms with Gasteiger partial charge in [-0.15, -0.1) is 6.58 Å². The van der Waals surface area contributed by atoms with E-state index in [1.807, 2.05) is 19.9 Å². The van der Waals surface area contributed by atoms with E-state index in [9.17, 15) is 4.79 Å². The average Bonchev–Trinajstić information content (AvgIpc) is 2.22. The van der Waals surface area contributed by atoms with Crippen LogP contribution < -0.4 is 0 Å². The smallest absolute Gasteiger partial charge is 0.164 e. The van der Waals surface area contributed by atoms with Gasteiger partial charge in [-0.05, 0) is 32.8 Å². The minimum absolute atomic E-state index is 0.146. The summed E-state index contributed by atoms with van der Waals surface area (Å²) in [6.07, 6.45) is 4.11. The van der Waals surface area contributed by atoms with Crippen molar-refractivity contribution in [2.45, 2.75) is 33.1 Å². The summed E-state index contributed by atoms with van der Waals surface area (Å²) in [5, 5.41) is 7.84. The normalized spacial score (nSPS) is 10.0. The number of rotatable bonds is 5. The number of unbranched alkanes of at least 4 members (excludes halogenated alkanes) is 1. The largest absolute Gasteiger partial charge is 0.294 e. The van der Waals surface area contributed by atoms with Crippen LogP contribution in [0.5, 0.6) is 0 Å². The molecule has 15 heavy (non-hydrogen) atoms. The monoisotopic (exact) mass is 204 g/mol. The molecule has 0 unspecified atom stereocenters. The van der Waals surface area contributed by atoms with E-state index in [1.165, 1.54) is 0 Å². The number of carbonyl (C=O) groups excluding carboxylic acids is 1. The molecule has 0 aliphatic carbocycles. The number of ketones is 1. The number of hydrogen-bond acceptors (Lipinski definition) is 3. The van der Waals surface area contributed by atoms with Gasteiger partial charge in [-0.1, -0.05) is 6.08 Å². The van der Waals surface area contributed by atoms with E-state index in [0.717, 1.165) is 18.5 Å². The second-order valence-electron chi connectivity index (χ2n) is 3.59. The van der Waals surface area contributed by atoms with E-state index in [4.69, 9.17) is 0 Å². The molecule has 1 aromatic heterocycles. The fourth-order valence-corrected chi connectivity index (χ4v) is 1.37. The molecule has 3 heteroatoms. The lowest BCUT2D eigenvalue weighted by atomic mass is 10.0. The molecule has 0 bridgehead atoms. The molecule has 80 valence electrons. The Morgan fingerprint density at radius 3 is 2.87 bits per heavy atom. The van der Waals surface area contributed by atoms with Crippen LogP contribution >= 0.6 is 0 Å². The zero-order valence-electron chi connectivity index (χ0n) is 9.29. The minimum atomic E-state index is 0.146. The third-order valence-electron chi connectivity index (χ3n) is 2.21. The molecule has 0 fully saturated rings. The molecule has 3 nitrogen and oxygen atoms in total. The molecular weight excluding hydrogens is 188 g/mol. The minimum Gasteiger partial charge on any atom is -0.294 e. The van der Waals surface area contributed by atoms with E-state index in [1.54, 1.807) is 6.07 Å². The van der Waals surface area contributed by atoms with Crippen LogP contribution in [0.3, 0.4) is 0 Å². The van der Waals surface area contributed by atoms with Gasteiger partial charge in [0.25, 0.3) is 0 Å². The maximum atomic E-state index is 11.8. The molecule has 1 aromatic rings. The van der Waals surface area contributed by atoms with Gasteiger partial charge in [-0.25, -0.2) is 0 Å². The van der Waals surface area contributed by atoms with Gasteiger partial charge in [-0.3, -0.25) is 4.79 Å². The van der Waals surface area contributed by atoms with E-state index >= 15 is 0 Å². The van der Waals surface area contributed by atoms with Crippen molar-refractivity contribution in [3.63, 3.8) is 0 Å². The van der Waals surface area contributed by atoms with Gasteiger partial charge in [0.15, 0.2) is 5.78 Å². The van der Waals surface area contributed by atoms with Gasteiger partial charge >= 0.3 is 0 Å². The first-order valence-electron chi connectivity index (χ1n) is 5.10. The molecule has 0 aliphatic heterocycles. The SMILES string of the molecule is C=CCCCC(=O)c1cc(C)nnc1C. The highest BCUT2D eigenvalue weighted by molar-refractivity contribution is 5.96. The molecule has 0 amide bonds. The van der Waals surface area contributed by atoms with Crippen molar-refractivity contribution in [3.8, 4) is 0 Å². The lowest BCUT2D eigenvalue weighted by molar-refractivity contribution is 0.0979. The highest BCUT2D eigenvalue weighted by atomic mass is 16.1. The van der Waals surface area contributed by atoms with Crippen molar-refractivity contribution < 1.29 is 4.79 Å². The van der Waals surface area contributed by atoms with Crippen LogP contribution in [-0.2, 0) is 0 Å². The molecule has 0 saturated heterocycles. The molecule has 0 aromatic carbocycles. The predicted molar refractivity (Wildman–Crippen MR) is 59.9 cm³/mol. The molecule has 1 rings (SSSR count). The topological polar surface area (TPSA) is 42.9 Å². The van der Waals surface area contributed by atoms with E-state index in [-0.39, 0.29) is 5.78 Å². The lowest BCUT2D eigenvalue weighted by Crippen LogP contribution is -2.05. The van der Waals surface area contributed by atoms with Crippen LogP contribution in [0.2, 0.25) is 0 Å². The highest BCUT2D eigenvalue weighted by Crippen LogP contribution is 2.10. The lowest BCUT2D eigenvalue weighted by Gasteiger charge is -2.03. The molecule has 1 heterocycles. The number of Topliss-reactive ketones (excluding diaryl/α,β-unsaturated/α-hetero) is 1. The second kappa shape index (κ2) is 5.39. The Hall–Kier alpha value is -1.51. The number of aryl methyl sites for hydroxylation is 2. The van der Waals surface area contributed by atoms with Gasteiger partial charge < -0.3 is 0 Å². The number of nitrogens with zero attached hydrogens (tertiary/aromatic N) is 2. The Labute approximate surface area is 90.2 Å². The summed E-state index contributed by atoms with van der Waals surface area (Å²) in [5.41, 5.74) is 2.20. The van der Waals surface area contributed by atoms with E-state index < -0.39 is 0 Å². The van der Waals surface area contributed by atoms with Crippen molar-refractivity contribution in [2.75, 3.05) is 0 Å². The van der Waals surface area contributed by atoms with Crippen LogP contribution in [-0.4, -0.2) is 16.0 Å². The quantitative estimate of drug-likeness (QED) is 0.420. The zero-order chi connectivity index (χ0) is 11.3. The molecule has 0 saturated carbocycles. The summed E-state index contributed by atoms with van der Waals surface area (Å²) in [6.45, 7) is 7.28. The number of allylic oxidation sites excluding steroid dienone is 1. The summed E-state index contributed by atoms with van der Waals surface area (Å²) >= 11 is 0. The van der Waals surface area contributed by atoms with E-state index in [0.29, 0.717) is 17.7 Å². The fraction of sp³-hybridized carbons (Fsp3) is 0.417. The molecule has 0 atom stereocenters. The molecule has 0 spiro atoms. The van der Waals surface area contributed by atoms with Crippen LogP contribution in [0, 0.1) is 13.8 Å². The second-order valence-corrected chi connectivity index (χ2v) is 3.59. The Morgan fingerprint density at radius 2 is 2.20 bits per heavy atom. The summed E-state index contributed by atoms with van der Waals surface area (Å²) in [6, 6.07) is 1.80. The average molecular weight is 204 g/mol. The third kappa shape index (κ3) is 3.27. The highest BCUT2D eigenvalue weighted by Gasteiger charge is 2.10. The first kappa shape index (κ1) is 11.6. The van der Waals surface area contributed by atoms with Gasteiger partial charge in [0.1, 0.15) is 0 Å². The van der Waals surface area contributed by atoms with Gasteiger partial charge in [0, 0.05) is 12.0 Å². The number of hydrogen-bond donors (Lipinski definition) is 0. The molecule has 0 radical (unpaired) electrons. The fourth-order valence-electron chi connectivity index (χ4n) is 1.37. The van der Waals surface area contributed by atoms with Gasteiger partial charge in [0.05, 0.1) is 11.4 Å². The van der Waals surface area contributed by atoms with Crippen molar-refractivity contribution in [2.24, 2.45) is 0 Å². The van der Waals surface area contributed by atoms with Gasteiger partial charge in [-0.2, -0.15) is 10.2 Å². The summed E-state index contributed by atoms with van der Waals surface area (Å²) in [7, 11) is 0.